The molecule has 0 amide bonds. The molecule has 2 heterocycles. The van der Waals surface area contributed by atoms with Gasteiger partial charge in [-0.25, -0.2) is 0 Å². The van der Waals surface area contributed by atoms with Gasteiger partial charge in [-0.2, -0.15) is 0 Å². The van der Waals surface area contributed by atoms with Crippen LogP contribution in [0.5, 0.6) is 5.75 Å². The minimum Gasteiger partial charge on any atom is -0.496 e. The van der Waals surface area contributed by atoms with Crippen LogP contribution in [0.3, 0.4) is 0 Å². The Balaban J connectivity index is 0.00000320. The van der Waals surface area contributed by atoms with E-state index >= 15 is 0 Å². The highest BCUT2D eigenvalue weighted by Gasteiger charge is 2.20. The maximum atomic E-state index is 5.51. The van der Waals surface area contributed by atoms with E-state index in [0.717, 1.165) is 61.0 Å². The van der Waals surface area contributed by atoms with Crippen molar-refractivity contribution in [3.8, 4) is 5.75 Å². The van der Waals surface area contributed by atoms with E-state index in [2.05, 4.69) is 62.8 Å². The summed E-state index contributed by atoms with van der Waals surface area (Å²) in [6.07, 6.45) is 4.09. The molecule has 1 saturated heterocycles. The molecule has 1 aliphatic rings. The van der Waals surface area contributed by atoms with Crippen LogP contribution in [-0.4, -0.2) is 49.1 Å². The Morgan fingerprint density at radius 2 is 1.90 bits per heavy atom. The Bertz CT molecular complexity index is 820. The largest absolute Gasteiger partial charge is 0.496 e. The lowest BCUT2D eigenvalue weighted by atomic mass is 10.0. The van der Waals surface area contributed by atoms with Gasteiger partial charge in [0.25, 0.3) is 0 Å². The van der Waals surface area contributed by atoms with Crippen LogP contribution in [0.25, 0.3) is 0 Å². The third kappa shape index (κ3) is 6.57. The molecule has 1 aromatic heterocycles. The molecule has 0 atom stereocenters. The number of aliphatic imine (C=N–C) groups is 1. The van der Waals surface area contributed by atoms with Crippen LogP contribution in [0.15, 0.2) is 41.5 Å². The SMILES string of the molecule is CN=C(NCc1ncc(C)c(OC)c1C)NC1CCN(Cc2ccccc2)CC1.I. The van der Waals surface area contributed by atoms with Crippen molar-refractivity contribution in [2.45, 2.75) is 45.8 Å². The number of rotatable bonds is 6. The maximum absolute atomic E-state index is 5.51. The number of ether oxygens (including phenoxy) is 1. The number of methoxy groups -OCH3 is 1. The van der Waals surface area contributed by atoms with Crippen LogP contribution in [0.2, 0.25) is 0 Å². The number of piperidine rings is 1. The molecular formula is C23H34IN5O. The van der Waals surface area contributed by atoms with Crippen LogP contribution >= 0.6 is 24.0 Å². The Morgan fingerprint density at radius 1 is 1.20 bits per heavy atom. The fourth-order valence-electron chi connectivity index (χ4n) is 3.88. The Kier molecular flexibility index (Phi) is 9.84. The van der Waals surface area contributed by atoms with Gasteiger partial charge in [-0.05, 0) is 32.3 Å². The number of benzene rings is 1. The van der Waals surface area contributed by atoms with Crippen molar-refractivity contribution in [2.24, 2.45) is 4.99 Å². The number of aryl methyl sites for hydroxylation is 1. The van der Waals surface area contributed by atoms with Crippen molar-refractivity contribution in [2.75, 3.05) is 27.2 Å². The van der Waals surface area contributed by atoms with Crippen molar-refractivity contribution in [3.63, 3.8) is 0 Å². The van der Waals surface area contributed by atoms with Gasteiger partial charge in [0, 0.05) is 50.0 Å². The molecule has 3 rings (SSSR count). The lowest BCUT2D eigenvalue weighted by Gasteiger charge is -2.33. The fraction of sp³-hybridized carbons (Fsp3) is 0.478. The summed E-state index contributed by atoms with van der Waals surface area (Å²) >= 11 is 0. The van der Waals surface area contributed by atoms with Gasteiger partial charge >= 0.3 is 0 Å². The second kappa shape index (κ2) is 12.1. The van der Waals surface area contributed by atoms with Crippen LogP contribution < -0.4 is 15.4 Å². The molecule has 6 nitrogen and oxygen atoms in total. The summed E-state index contributed by atoms with van der Waals surface area (Å²) in [4.78, 5) is 11.5. The minimum absolute atomic E-state index is 0. The predicted octanol–water partition coefficient (Wildman–Crippen LogP) is 3.65. The van der Waals surface area contributed by atoms with Gasteiger partial charge in [0.2, 0.25) is 0 Å². The summed E-state index contributed by atoms with van der Waals surface area (Å²) in [5.41, 5.74) is 4.49. The number of guanidine groups is 1. The van der Waals surface area contributed by atoms with Crippen LogP contribution in [0, 0.1) is 13.8 Å². The first-order valence-electron chi connectivity index (χ1n) is 10.3. The van der Waals surface area contributed by atoms with Gasteiger partial charge in [0.15, 0.2) is 5.96 Å². The van der Waals surface area contributed by atoms with Gasteiger partial charge < -0.3 is 15.4 Å². The standard InChI is InChI=1S/C23H33N5O.HI/c1-17-14-25-21(18(2)22(17)29-4)15-26-23(24-3)27-20-10-12-28(13-11-20)16-19-8-6-5-7-9-19;/h5-9,14,20H,10-13,15-16H2,1-4H3,(H2,24,26,27);1H. The first-order chi connectivity index (χ1) is 14.1. The molecule has 7 heteroatoms. The van der Waals surface area contributed by atoms with Gasteiger partial charge in [-0.15, -0.1) is 24.0 Å². The number of pyridine rings is 1. The third-order valence-corrected chi connectivity index (χ3v) is 5.57. The van der Waals surface area contributed by atoms with Crippen molar-refractivity contribution < 1.29 is 4.74 Å². The Morgan fingerprint density at radius 3 is 2.53 bits per heavy atom. The average molecular weight is 523 g/mol. The average Bonchev–Trinajstić information content (AvgIpc) is 2.74. The van der Waals surface area contributed by atoms with E-state index in [9.17, 15) is 0 Å². The molecule has 0 aliphatic carbocycles. The zero-order valence-electron chi connectivity index (χ0n) is 18.4. The molecule has 30 heavy (non-hydrogen) atoms. The topological polar surface area (TPSA) is 61.8 Å². The van der Waals surface area contributed by atoms with Gasteiger partial charge in [0.05, 0.1) is 19.3 Å². The zero-order chi connectivity index (χ0) is 20.6. The molecule has 0 bridgehead atoms. The van der Waals surface area contributed by atoms with E-state index in [1.54, 1.807) is 7.11 Å². The lowest BCUT2D eigenvalue weighted by molar-refractivity contribution is 0.198. The summed E-state index contributed by atoms with van der Waals surface area (Å²) in [6, 6.07) is 11.1. The minimum atomic E-state index is 0. The van der Waals surface area contributed by atoms with Crippen LogP contribution in [0.4, 0.5) is 0 Å². The summed E-state index contributed by atoms with van der Waals surface area (Å²) in [7, 11) is 3.52. The molecule has 1 aliphatic heterocycles. The molecular weight excluding hydrogens is 489 g/mol. The molecule has 1 aromatic carbocycles. The van der Waals surface area contributed by atoms with E-state index in [0.29, 0.717) is 12.6 Å². The molecule has 0 radical (unpaired) electrons. The van der Waals surface area contributed by atoms with Crippen molar-refractivity contribution >= 4 is 29.9 Å². The maximum Gasteiger partial charge on any atom is 0.191 e. The van der Waals surface area contributed by atoms with Gasteiger partial charge in [-0.3, -0.25) is 14.9 Å². The molecule has 164 valence electrons. The number of halogens is 1. The highest BCUT2D eigenvalue weighted by Crippen LogP contribution is 2.23. The van der Waals surface area contributed by atoms with Crippen molar-refractivity contribution in [3.05, 3.63) is 58.9 Å². The van der Waals surface area contributed by atoms with E-state index in [1.807, 2.05) is 20.2 Å². The Labute approximate surface area is 197 Å². The molecule has 2 N–H and O–H groups in total. The van der Waals surface area contributed by atoms with E-state index < -0.39 is 0 Å². The number of nitrogens with one attached hydrogen (secondary N) is 2. The second-order valence-corrected chi connectivity index (χ2v) is 7.65. The first kappa shape index (κ1) is 24.4. The van der Waals surface area contributed by atoms with E-state index in [1.165, 1.54) is 5.56 Å². The Hall–Kier alpha value is -1.87. The quantitative estimate of drug-likeness (QED) is 0.344. The predicted molar refractivity (Wildman–Crippen MR) is 134 cm³/mol. The molecule has 2 aromatic rings. The van der Waals surface area contributed by atoms with Crippen molar-refractivity contribution in [1.82, 2.24) is 20.5 Å². The zero-order valence-corrected chi connectivity index (χ0v) is 20.8. The van der Waals surface area contributed by atoms with Gasteiger partial charge in [-0.1, -0.05) is 30.3 Å². The molecule has 0 unspecified atom stereocenters. The highest BCUT2D eigenvalue weighted by atomic mass is 127. The summed E-state index contributed by atoms with van der Waals surface area (Å²) in [5.74, 6) is 1.73. The highest BCUT2D eigenvalue weighted by molar-refractivity contribution is 14.0. The third-order valence-electron chi connectivity index (χ3n) is 5.57. The number of hydrogen-bond donors (Lipinski definition) is 2. The van der Waals surface area contributed by atoms with Crippen LogP contribution in [-0.2, 0) is 13.1 Å². The van der Waals surface area contributed by atoms with Crippen LogP contribution in [0.1, 0.15) is 35.2 Å². The number of hydrogen-bond acceptors (Lipinski definition) is 4. The summed E-state index contributed by atoms with van der Waals surface area (Å²) in [6.45, 7) is 7.91. The van der Waals surface area contributed by atoms with Gasteiger partial charge in [0.1, 0.15) is 5.75 Å². The summed E-state index contributed by atoms with van der Waals surface area (Å²) < 4.78 is 5.51. The second-order valence-electron chi connectivity index (χ2n) is 7.65. The number of aromatic nitrogens is 1. The lowest BCUT2D eigenvalue weighted by Crippen LogP contribution is -2.48. The first-order valence-corrected chi connectivity index (χ1v) is 10.3. The van der Waals surface area contributed by atoms with E-state index in [4.69, 9.17) is 4.74 Å². The smallest absolute Gasteiger partial charge is 0.191 e. The summed E-state index contributed by atoms with van der Waals surface area (Å²) in [5, 5.41) is 6.98. The molecule has 0 saturated carbocycles. The number of nitrogens with zero attached hydrogens (tertiary/aromatic N) is 3. The fourth-order valence-corrected chi connectivity index (χ4v) is 3.88. The molecule has 0 spiro atoms. The van der Waals surface area contributed by atoms with Crippen molar-refractivity contribution in [1.29, 1.82) is 0 Å². The van der Waals surface area contributed by atoms with E-state index in [-0.39, 0.29) is 24.0 Å². The molecule has 1 fully saturated rings. The normalized spacial score (nSPS) is 15.4. The number of likely N-dealkylation sites (tertiary alicyclic amines) is 1. The monoisotopic (exact) mass is 523 g/mol.